The Morgan fingerprint density at radius 2 is 1.24 bits per heavy atom. The van der Waals surface area contributed by atoms with Crippen molar-refractivity contribution in [3.8, 4) is 0 Å². The molecule has 0 saturated heterocycles. The summed E-state index contributed by atoms with van der Waals surface area (Å²) in [5.74, 6) is 0. The first kappa shape index (κ1) is 13.9. The van der Waals surface area contributed by atoms with E-state index in [4.69, 9.17) is 0 Å². The molecule has 2 aliphatic carbocycles. The van der Waals surface area contributed by atoms with E-state index in [-0.39, 0.29) is 0 Å². The Kier molecular flexibility index (Phi) is 5.81. The van der Waals surface area contributed by atoms with Crippen LogP contribution in [-0.4, -0.2) is 17.0 Å². The minimum Gasteiger partial charge on any atom is -0.0974 e. The average Bonchev–Trinajstić information content (AvgIpc) is 2.41. The van der Waals surface area contributed by atoms with Crippen molar-refractivity contribution in [3.63, 3.8) is 0 Å². The highest BCUT2D eigenvalue weighted by atomic mass is 31.1. The fraction of sp³-hybridized carbons (Fsp3) is 1.00. The molecule has 1 unspecified atom stereocenters. The van der Waals surface area contributed by atoms with E-state index >= 15 is 0 Å². The normalized spacial score (nSPS) is 26.3. The average molecular weight is 254 g/mol. The topological polar surface area (TPSA) is 0 Å². The van der Waals surface area contributed by atoms with Gasteiger partial charge in [0.25, 0.3) is 0 Å². The van der Waals surface area contributed by atoms with Crippen molar-refractivity contribution in [1.29, 1.82) is 0 Å². The molecular weight excluding hydrogens is 223 g/mol. The van der Waals surface area contributed by atoms with Crippen molar-refractivity contribution in [2.24, 2.45) is 0 Å². The molecule has 2 saturated carbocycles. The lowest BCUT2D eigenvalue weighted by molar-refractivity contribution is 0.480. The summed E-state index contributed by atoms with van der Waals surface area (Å²) in [5.41, 5.74) is 3.34. The van der Waals surface area contributed by atoms with Gasteiger partial charge in [-0.3, -0.25) is 0 Å². The SMILES string of the molecule is CCC(C)P(C1CCCCC1)C1CCCCC1. The van der Waals surface area contributed by atoms with Crippen molar-refractivity contribution in [1.82, 2.24) is 0 Å². The molecule has 0 aromatic heterocycles. The highest BCUT2D eigenvalue weighted by Crippen LogP contribution is 2.59. The van der Waals surface area contributed by atoms with E-state index in [9.17, 15) is 0 Å². The van der Waals surface area contributed by atoms with Gasteiger partial charge in [0.15, 0.2) is 0 Å². The first-order chi connectivity index (χ1) is 8.33. The van der Waals surface area contributed by atoms with Crippen LogP contribution in [0.3, 0.4) is 0 Å². The fourth-order valence-corrected chi connectivity index (χ4v) is 8.37. The number of hydrogen-bond acceptors (Lipinski definition) is 0. The highest BCUT2D eigenvalue weighted by Gasteiger charge is 2.33. The van der Waals surface area contributed by atoms with Crippen LogP contribution in [-0.2, 0) is 0 Å². The Morgan fingerprint density at radius 3 is 1.59 bits per heavy atom. The van der Waals surface area contributed by atoms with E-state index in [1.807, 2.05) is 0 Å². The first-order valence-corrected chi connectivity index (χ1v) is 9.65. The van der Waals surface area contributed by atoms with Gasteiger partial charge in [-0.05, 0) is 49.1 Å². The van der Waals surface area contributed by atoms with E-state index in [1.54, 1.807) is 25.7 Å². The summed E-state index contributed by atoms with van der Waals surface area (Å²) in [5, 5.41) is 0. The Morgan fingerprint density at radius 1 is 0.824 bits per heavy atom. The van der Waals surface area contributed by atoms with E-state index in [2.05, 4.69) is 13.8 Å². The molecular formula is C16H31P. The van der Waals surface area contributed by atoms with Crippen molar-refractivity contribution in [2.75, 3.05) is 0 Å². The van der Waals surface area contributed by atoms with Gasteiger partial charge in [0.05, 0.1) is 0 Å². The number of rotatable bonds is 4. The molecule has 0 nitrogen and oxygen atoms in total. The van der Waals surface area contributed by atoms with Gasteiger partial charge in [-0.25, -0.2) is 0 Å². The third-order valence-corrected chi connectivity index (χ3v) is 9.19. The molecule has 1 atom stereocenters. The van der Waals surface area contributed by atoms with Gasteiger partial charge in [-0.2, -0.15) is 0 Å². The van der Waals surface area contributed by atoms with Crippen LogP contribution in [0.1, 0.15) is 84.5 Å². The standard InChI is InChI=1S/C16H31P/c1-3-14(2)17(15-10-6-4-7-11-15)16-12-8-5-9-13-16/h14-16H,3-13H2,1-2H3. The summed E-state index contributed by atoms with van der Waals surface area (Å²) in [6.45, 7) is 4.99. The largest absolute Gasteiger partial charge is 0.0974 e. The molecule has 2 fully saturated rings. The predicted molar refractivity (Wildman–Crippen MR) is 80.4 cm³/mol. The van der Waals surface area contributed by atoms with Gasteiger partial charge < -0.3 is 0 Å². The first-order valence-electron chi connectivity index (χ1n) is 8.10. The lowest BCUT2D eigenvalue weighted by Gasteiger charge is -2.41. The van der Waals surface area contributed by atoms with Crippen LogP contribution in [0.5, 0.6) is 0 Å². The van der Waals surface area contributed by atoms with Crippen LogP contribution in [0.25, 0.3) is 0 Å². The van der Waals surface area contributed by atoms with Crippen molar-refractivity contribution >= 4 is 7.92 Å². The zero-order chi connectivity index (χ0) is 12.1. The highest BCUT2D eigenvalue weighted by molar-refractivity contribution is 7.59. The third-order valence-electron chi connectivity index (χ3n) is 5.09. The molecule has 0 spiro atoms. The smallest absolute Gasteiger partial charge is 0.0204 e. The van der Waals surface area contributed by atoms with Gasteiger partial charge in [0.2, 0.25) is 0 Å². The maximum Gasteiger partial charge on any atom is -0.0204 e. The van der Waals surface area contributed by atoms with Crippen molar-refractivity contribution in [2.45, 2.75) is 101 Å². The predicted octanol–water partition coefficient (Wildman–Crippen LogP) is 5.93. The summed E-state index contributed by atoms with van der Waals surface area (Å²) in [4.78, 5) is 0. The molecule has 100 valence electrons. The van der Waals surface area contributed by atoms with Crippen LogP contribution in [0.15, 0.2) is 0 Å². The van der Waals surface area contributed by atoms with Crippen molar-refractivity contribution in [3.05, 3.63) is 0 Å². The van der Waals surface area contributed by atoms with Crippen LogP contribution < -0.4 is 0 Å². The van der Waals surface area contributed by atoms with Crippen LogP contribution in [0.4, 0.5) is 0 Å². The van der Waals surface area contributed by atoms with Crippen LogP contribution in [0, 0.1) is 0 Å². The fourth-order valence-electron chi connectivity index (χ4n) is 3.99. The Hall–Kier alpha value is 0.430. The molecule has 0 aromatic rings. The molecule has 0 amide bonds. The Bertz CT molecular complexity index is 184. The maximum atomic E-state index is 2.56. The minimum atomic E-state index is 0.342. The second-order valence-electron chi connectivity index (χ2n) is 6.29. The minimum absolute atomic E-state index is 0.342. The lowest BCUT2D eigenvalue weighted by Crippen LogP contribution is -2.25. The molecule has 2 rings (SSSR count). The van der Waals surface area contributed by atoms with Gasteiger partial charge in [0.1, 0.15) is 0 Å². The van der Waals surface area contributed by atoms with Gasteiger partial charge in [-0.1, -0.05) is 60.3 Å². The summed E-state index contributed by atoms with van der Waals surface area (Å²) in [6.07, 6.45) is 16.9. The van der Waals surface area contributed by atoms with Crippen LogP contribution in [0.2, 0.25) is 0 Å². The van der Waals surface area contributed by atoms with E-state index in [1.165, 1.54) is 44.9 Å². The number of hydrogen-bond donors (Lipinski definition) is 0. The summed E-state index contributed by atoms with van der Waals surface area (Å²) in [6, 6.07) is 0. The summed E-state index contributed by atoms with van der Waals surface area (Å²) < 4.78 is 0. The summed E-state index contributed by atoms with van der Waals surface area (Å²) >= 11 is 0. The molecule has 0 N–H and O–H groups in total. The Labute approximate surface area is 110 Å². The molecule has 0 aliphatic heterocycles. The molecule has 0 bridgehead atoms. The van der Waals surface area contributed by atoms with Crippen LogP contribution >= 0.6 is 7.92 Å². The molecule has 0 aromatic carbocycles. The maximum absolute atomic E-state index is 2.56. The molecule has 2 aliphatic rings. The molecule has 1 heteroatoms. The lowest BCUT2D eigenvalue weighted by atomic mass is 9.99. The second-order valence-corrected chi connectivity index (χ2v) is 9.52. The quantitative estimate of drug-likeness (QED) is 0.545. The van der Waals surface area contributed by atoms with Gasteiger partial charge in [0, 0.05) is 0 Å². The summed E-state index contributed by atoms with van der Waals surface area (Å²) in [7, 11) is 0.342. The van der Waals surface area contributed by atoms with E-state index in [0.29, 0.717) is 7.92 Å². The van der Waals surface area contributed by atoms with Gasteiger partial charge in [-0.15, -0.1) is 0 Å². The second kappa shape index (κ2) is 7.13. The monoisotopic (exact) mass is 254 g/mol. The Balaban J connectivity index is 2.00. The van der Waals surface area contributed by atoms with E-state index in [0.717, 1.165) is 17.0 Å². The zero-order valence-electron chi connectivity index (χ0n) is 12.0. The third kappa shape index (κ3) is 3.69. The zero-order valence-corrected chi connectivity index (χ0v) is 12.9. The molecule has 0 heterocycles. The van der Waals surface area contributed by atoms with Gasteiger partial charge >= 0.3 is 0 Å². The molecule has 0 radical (unpaired) electrons. The van der Waals surface area contributed by atoms with E-state index < -0.39 is 0 Å². The van der Waals surface area contributed by atoms with Crippen molar-refractivity contribution < 1.29 is 0 Å². The molecule has 17 heavy (non-hydrogen) atoms.